The molecule has 110 valence electrons. The van der Waals surface area contributed by atoms with Crippen molar-refractivity contribution in [1.29, 1.82) is 5.26 Å². The lowest BCUT2D eigenvalue weighted by molar-refractivity contribution is 0.393. The fourth-order valence-electron chi connectivity index (χ4n) is 1.94. The minimum Gasteiger partial charge on any atom is -0.384 e. The summed E-state index contributed by atoms with van der Waals surface area (Å²) in [5, 5.41) is 9.40. The van der Waals surface area contributed by atoms with Gasteiger partial charge in [0.2, 0.25) is 10.0 Å². The van der Waals surface area contributed by atoms with Crippen LogP contribution < -0.4 is 5.73 Å². The van der Waals surface area contributed by atoms with Crippen molar-refractivity contribution in [3.8, 4) is 6.07 Å². The predicted octanol–water partition coefficient (Wildman–Crippen LogP) is 1.74. The summed E-state index contributed by atoms with van der Waals surface area (Å²) in [4.78, 5) is 4.31. The van der Waals surface area contributed by atoms with Gasteiger partial charge in [-0.25, -0.2) is 13.4 Å². The maximum atomic E-state index is 12.5. The summed E-state index contributed by atoms with van der Waals surface area (Å²) in [7, 11) is -2.16. The maximum absolute atomic E-state index is 12.5. The molecule has 0 aliphatic rings. The highest BCUT2D eigenvalue weighted by Gasteiger charge is 2.25. The Morgan fingerprint density at radius 1 is 1.38 bits per heavy atom. The molecule has 0 fully saturated rings. The van der Waals surface area contributed by atoms with Gasteiger partial charge in [-0.15, -0.1) is 0 Å². The summed E-state index contributed by atoms with van der Waals surface area (Å²) in [5.41, 5.74) is 6.24. The molecule has 0 spiro atoms. The van der Waals surface area contributed by atoms with Crippen molar-refractivity contribution in [2.45, 2.75) is 24.3 Å². The molecule has 2 rings (SSSR count). The molecule has 2 N–H and O–H groups in total. The van der Waals surface area contributed by atoms with Gasteiger partial charge in [-0.2, -0.15) is 9.57 Å². The van der Waals surface area contributed by atoms with Gasteiger partial charge in [0, 0.05) is 18.5 Å². The van der Waals surface area contributed by atoms with Crippen molar-refractivity contribution in [2.24, 2.45) is 0 Å². The number of aromatic nitrogens is 1. The highest BCUT2D eigenvalue weighted by molar-refractivity contribution is 7.89. The Labute approximate surface area is 123 Å². The molecule has 0 bridgehead atoms. The molecule has 0 saturated heterocycles. The van der Waals surface area contributed by atoms with E-state index in [9.17, 15) is 8.42 Å². The van der Waals surface area contributed by atoms with Crippen LogP contribution in [0.15, 0.2) is 35.2 Å². The minimum absolute atomic E-state index is 0.140. The predicted molar refractivity (Wildman–Crippen MR) is 80.8 cm³/mol. The molecule has 1 heterocycles. The molecule has 0 saturated carbocycles. The third-order valence-electron chi connectivity index (χ3n) is 3.37. The highest BCUT2D eigenvalue weighted by Crippen LogP contribution is 2.22. The van der Waals surface area contributed by atoms with Gasteiger partial charge in [0.1, 0.15) is 5.82 Å². The van der Waals surface area contributed by atoms with Crippen LogP contribution >= 0.6 is 0 Å². The van der Waals surface area contributed by atoms with Crippen molar-refractivity contribution < 1.29 is 8.42 Å². The molecule has 6 nitrogen and oxygen atoms in total. The van der Waals surface area contributed by atoms with Crippen LogP contribution in [-0.4, -0.2) is 30.8 Å². The van der Waals surface area contributed by atoms with Crippen molar-refractivity contribution in [1.82, 2.24) is 9.29 Å². The first kappa shape index (κ1) is 15.2. The van der Waals surface area contributed by atoms with E-state index in [4.69, 9.17) is 11.0 Å². The maximum Gasteiger partial charge on any atom is 0.243 e. The number of pyridine rings is 1. The molecule has 1 aromatic heterocycles. The van der Waals surface area contributed by atoms with Gasteiger partial charge >= 0.3 is 0 Å². The Morgan fingerprint density at radius 3 is 2.76 bits per heavy atom. The second kappa shape index (κ2) is 5.68. The van der Waals surface area contributed by atoms with Gasteiger partial charge in [-0.3, -0.25) is 0 Å². The topological polar surface area (TPSA) is 100 Å². The van der Waals surface area contributed by atoms with Crippen LogP contribution in [0.2, 0.25) is 0 Å². The SMILES string of the molecule is CC(CC#N)N(C)S(=O)(=O)c1ccc2nc(N)ccc2c1. The summed E-state index contributed by atoms with van der Waals surface area (Å²) in [5.74, 6) is 0.387. The number of benzene rings is 1. The smallest absolute Gasteiger partial charge is 0.243 e. The molecule has 2 aromatic rings. The van der Waals surface area contributed by atoms with E-state index in [1.54, 1.807) is 31.2 Å². The molecular weight excluding hydrogens is 288 g/mol. The molecule has 0 aliphatic heterocycles. The Morgan fingerprint density at radius 2 is 2.10 bits per heavy atom. The van der Waals surface area contributed by atoms with Gasteiger partial charge in [0.25, 0.3) is 0 Å². The molecule has 1 aromatic carbocycles. The Kier molecular flexibility index (Phi) is 4.11. The zero-order valence-corrected chi connectivity index (χ0v) is 12.6. The van der Waals surface area contributed by atoms with Gasteiger partial charge < -0.3 is 5.73 Å². The molecule has 1 unspecified atom stereocenters. The number of hydrogen-bond donors (Lipinski definition) is 1. The Bertz CT molecular complexity index is 811. The summed E-state index contributed by atoms with van der Waals surface area (Å²) in [6.07, 6.45) is 0.140. The van der Waals surface area contributed by atoms with Crippen molar-refractivity contribution in [3.63, 3.8) is 0 Å². The normalized spacial score (nSPS) is 13.2. The second-order valence-corrected chi connectivity index (χ2v) is 6.82. The molecule has 0 radical (unpaired) electrons. The Hall–Kier alpha value is -2.17. The van der Waals surface area contributed by atoms with Crippen molar-refractivity contribution in [3.05, 3.63) is 30.3 Å². The standard InChI is InChI=1S/C14H16N4O2S/c1-10(7-8-15)18(2)21(19,20)12-4-5-13-11(9-12)3-6-14(16)17-13/h3-6,9-10H,7H2,1-2H3,(H2,16,17). The summed E-state index contributed by atoms with van der Waals surface area (Å²) < 4.78 is 26.3. The van der Waals surface area contributed by atoms with E-state index in [-0.39, 0.29) is 17.4 Å². The highest BCUT2D eigenvalue weighted by atomic mass is 32.2. The first-order chi connectivity index (χ1) is 9.86. The number of anilines is 1. The van der Waals surface area contributed by atoms with Crippen LogP contribution in [0, 0.1) is 11.3 Å². The molecule has 0 amide bonds. The molecule has 21 heavy (non-hydrogen) atoms. The fraction of sp³-hybridized carbons (Fsp3) is 0.286. The average molecular weight is 304 g/mol. The summed E-state index contributed by atoms with van der Waals surface area (Å²) in [6, 6.07) is 9.63. The molecular formula is C14H16N4O2S. The summed E-state index contributed by atoms with van der Waals surface area (Å²) >= 11 is 0. The van der Waals surface area contributed by atoms with Gasteiger partial charge in [-0.1, -0.05) is 0 Å². The van der Waals surface area contributed by atoms with E-state index in [1.165, 1.54) is 17.4 Å². The molecule has 0 aliphatic carbocycles. The fourth-order valence-corrected chi connectivity index (χ4v) is 3.34. The number of sulfonamides is 1. The van der Waals surface area contributed by atoms with Gasteiger partial charge in [-0.05, 0) is 37.3 Å². The lowest BCUT2D eigenvalue weighted by atomic mass is 10.2. The van der Waals surface area contributed by atoms with E-state index in [0.29, 0.717) is 16.7 Å². The largest absolute Gasteiger partial charge is 0.384 e. The number of fused-ring (bicyclic) bond motifs is 1. The summed E-state index contributed by atoms with van der Waals surface area (Å²) in [6.45, 7) is 1.70. The van der Waals surface area contributed by atoms with Crippen molar-refractivity contribution >= 4 is 26.7 Å². The zero-order valence-electron chi connectivity index (χ0n) is 11.8. The van der Waals surface area contributed by atoms with Crippen molar-refractivity contribution in [2.75, 3.05) is 12.8 Å². The Balaban J connectivity index is 2.45. The van der Waals surface area contributed by atoms with Crippen LogP contribution in [0.25, 0.3) is 10.9 Å². The van der Waals surface area contributed by atoms with Crippen LogP contribution in [0.3, 0.4) is 0 Å². The van der Waals surface area contributed by atoms with E-state index < -0.39 is 10.0 Å². The molecule has 1 atom stereocenters. The van der Waals surface area contributed by atoms with E-state index >= 15 is 0 Å². The average Bonchev–Trinajstić information content (AvgIpc) is 2.45. The minimum atomic E-state index is -3.64. The van der Waals surface area contributed by atoms with E-state index in [2.05, 4.69) is 4.98 Å². The monoisotopic (exact) mass is 304 g/mol. The van der Waals surface area contributed by atoms with Crippen LogP contribution in [0.1, 0.15) is 13.3 Å². The lowest BCUT2D eigenvalue weighted by Crippen LogP contribution is -2.34. The lowest BCUT2D eigenvalue weighted by Gasteiger charge is -2.22. The first-order valence-electron chi connectivity index (χ1n) is 6.37. The molecule has 7 heteroatoms. The third-order valence-corrected chi connectivity index (χ3v) is 5.33. The van der Waals surface area contributed by atoms with Gasteiger partial charge in [0.15, 0.2) is 0 Å². The van der Waals surface area contributed by atoms with Gasteiger partial charge in [0.05, 0.1) is 22.9 Å². The van der Waals surface area contributed by atoms with Crippen LogP contribution in [0.4, 0.5) is 5.82 Å². The third kappa shape index (κ3) is 2.96. The van der Waals surface area contributed by atoms with E-state index in [0.717, 1.165) is 0 Å². The second-order valence-electron chi connectivity index (χ2n) is 4.82. The first-order valence-corrected chi connectivity index (χ1v) is 7.81. The quantitative estimate of drug-likeness (QED) is 0.927. The number of nitrogen functional groups attached to an aromatic ring is 1. The number of nitrogens with two attached hydrogens (primary N) is 1. The zero-order chi connectivity index (χ0) is 15.6. The van der Waals surface area contributed by atoms with Crippen LogP contribution in [0.5, 0.6) is 0 Å². The number of nitriles is 1. The van der Waals surface area contributed by atoms with Crippen LogP contribution in [-0.2, 0) is 10.0 Å². The van der Waals surface area contributed by atoms with E-state index in [1.807, 2.05) is 6.07 Å². The number of rotatable bonds is 4. The number of hydrogen-bond acceptors (Lipinski definition) is 5. The number of nitrogens with zero attached hydrogens (tertiary/aromatic N) is 3.